The first-order chi connectivity index (χ1) is 10.9. The van der Waals surface area contributed by atoms with Crippen molar-refractivity contribution in [2.45, 2.75) is 24.8 Å². The lowest BCUT2D eigenvalue weighted by Gasteiger charge is -2.20. The van der Waals surface area contributed by atoms with E-state index in [1.54, 1.807) is 6.08 Å². The van der Waals surface area contributed by atoms with Gasteiger partial charge in [0.25, 0.3) is 0 Å². The lowest BCUT2D eigenvalue weighted by Crippen LogP contribution is -2.25. The van der Waals surface area contributed by atoms with Crippen LogP contribution in [0.5, 0.6) is 0 Å². The van der Waals surface area contributed by atoms with E-state index in [1.165, 1.54) is 5.56 Å². The molecule has 1 heterocycles. The highest BCUT2D eigenvalue weighted by Gasteiger charge is 2.15. The molecule has 124 valence electrons. The number of pyridine rings is 1. The number of rotatable bonds is 7. The molecule has 0 saturated heterocycles. The predicted octanol–water partition coefficient (Wildman–Crippen LogP) is 3.02. The van der Waals surface area contributed by atoms with Gasteiger partial charge in [-0.25, -0.2) is 13.9 Å². The van der Waals surface area contributed by atoms with E-state index in [1.807, 2.05) is 37.2 Å². The molecule has 1 N–H and O–H groups in total. The average Bonchev–Trinajstić information content (AvgIpc) is 2.53. The highest BCUT2D eigenvalue weighted by Crippen LogP contribution is 2.30. The van der Waals surface area contributed by atoms with Crippen molar-refractivity contribution in [1.82, 2.24) is 9.71 Å². The molecule has 1 atom stereocenters. The van der Waals surface area contributed by atoms with E-state index in [-0.39, 0.29) is 0 Å². The summed E-state index contributed by atoms with van der Waals surface area (Å²) in [6, 6.07) is 7.95. The highest BCUT2D eigenvalue weighted by atomic mass is 32.2. The van der Waals surface area contributed by atoms with Gasteiger partial charge >= 0.3 is 0 Å². The summed E-state index contributed by atoms with van der Waals surface area (Å²) in [7, 11) is 1.34. The number of anilines is 1. The number of aryl methyl sites for hydroxylation is 1. The zero-order valence-corrected chi connectivity index (χ0v) is 14.9. The number of nitrogens with zero attached hydrogens (tertiary/aromatic N) is 2. The maximum absolute atomic E-state index is 12.9. The smallest absolute Gasteiger partial charge is 0.135 e. The molecule has 1 aromatic heterocycles. The SMILES string of the molecule is C=CCCNS(=C)(=O)c1cc(N(C)C)c2c(CC)cccc2n1. The summed E-state index contributed by atoms with van der Waals surface area (Å²) in [5.74, 6) is 3.86. The summed E-state index contributed by atoms with van der Waals surface area (Å²) < 4.78 is 15.9. The Bertz CT molecular complexity index is 810. The van der Waals surface area contributed by atoms with Gasteiger partial charge < -0.3 is 4.90 Å². The molecule has 2 rings (SSSR count). The second-order valence-electron chi connectivity index (χ2n) is 5.69. The van der Waals surface area contributed by atoms with Crippen molar-refractivity contribution >= 4 is 32.2 Å². The highest BCUT2D eigenvalue weighted by molar-refractivity contribution is 7.98. The molecule has 0 bridgehead atoms. The van der Waals surface area contributed by atoms with Crippen molar-refractivity contribution < 1.29 is 4.21 Å². The van der Waals surface area contributed by atoms with Gasteiger partial charge in [0.05, 0.1) is 15.2 Å². The van der Waals surface area contributed by atoms with Gasteiger partial charge in [0, 0.05) is 31.7 Å². The van der Waals surface area contributed by atoms with Crippen LogP contribution < -0.4 is 9.62 Å². The minimum Gasteiger partial charge on any atom is -0.377 e. The van der Waals surface area contributed by atoms with Crippen LogP contribution in [0, 0.1) is 0 Å². The standard InChI is InChI=1S/C18H25N3OS/c1-6-8-12-19-23(5,22)17-13-16(21(3)4)18-14(7-2)10-9-11-15(18)20-17/h6,9-11,13H,1,5,7-8,12H2,2-4H3,(H,19,22). The van der Waals surface area contributed by atoms with E-state index < -0.39 is 9.71 Å². The molecule has 4 nitrogen and oxygen atoms in total. The van der Waals surface area contributed by atoms with E-state index in [4.69, 9.17) is 0 Å². The summed E-state index contributed by atoms with van der Waals surface area (Å²) in [6.07, 6.45) is 3.45. The molecule has 1 aromatic carbocycles. The lowest BCUT2D eigenvalue weighted by atomic mass is 10.0. The monoisotopic (exact) mass is 331 g/mol. The lowest BCUT2D eigenvalue weighted by molar-refractivity contribution is 0.667. The number of nitrogens with one attached hydrogen (secondary N) is 1. The minimum atomic E-state index is -2.64. The van der Waals surface area contributed by atoms with Gasteiger partial charge in [-0.1, -0.05) is 25.1 Å². The normalized spacial score (nSPS) is 13.7. The largest absolute Gasteiger partial charge is 0.377 e. The molecule has 1 unspecified atom stereocenters. The van der Waals surface area contributed by atoms with Crippen LogP contribution in [-0.2, 0) is 16.1 Å². The summed E-state index contributed by atoms with van der Waals surface area (Å²) >= 11 is 0. The molecule has 0 amide bonds. The summed E-state index contributed by atoms with van der Waals surface area (Å²) in [5.41, 5.74) is 3.11. The Morgan fingerprint density at radius 3 is 2.74 bits per heavy atom. The molecule has 0 spiro atoms. The van der Waals surface area contributed by atoms with Crippen LogP contribution >= 0.6 is 0 Å². The van der Waals surface area contributed by atoms with Gasteiger partial charge in [0.1, 0.15) is 5.03 Å². The molecular weight excluding hydrogens is 306 g/mol. The molecule has 0 aliphatic heterocycles. The van der Waals surface area contributed by atoms with Gasteiger partial charge in [-0.2, -0.15) is 0 Å². The number of hydrogen-bond acceptors (Lipinski definition) is 3. The van der Waals surface area contributed by atoms with Gasteiger partial charge in [0.2, 0.25) is 0 Å². The summed E-state index contributed by atoms with van der Waals surface area (Å²) in [6.45, 7) is 6.37. The van der Waals surface area contributed by atoms with Crippen molar-refractivity contribution in [1.29, 1.82) is 0 Å². The Morgan fingerprint density at radius 1 is 1.39 bits per heavy atom. The third kappa shape index (κ3) is 3.74. The van der Waals surface area contributed by atoms with Crippen LogP contribution in [0.1, 0.15) is 18.9 Å². The Kier molecular flexibility index (Phi) is 5.44. The minimum absolute atomic E-state index is 0.492. The van der Waals surface area contributed by atoms with Crippen molar-refractivity contribution in [2.75, 3.05) is 25.5 Å². The summed E-state index contributed by atoms with van der Waals surface area (Å²) in [4.78, 5) is 6.66. The molecular formula is C18H25N3OS. The molecule has 0 aliphatic rings. The van der Waals surface area contributed by atoms with Gasteiger partial charge in [-0.15, -0.1) is 6.58 Å². The Labute approximate surface area is 139 Å². The van der Waals surface area contributed by atoms with Crippen molar-refractivity contribution in [2.24, 2.45) is 0 Å². The van der Waals surface area contributed by atoms with Crippen molar-refractivity contribution in [3.63, 3.8) is 0 Å². The fourth-order valence-corrected chi connectivity index (χ4v) is 3.67. The maximum Gasteiger partial charge on any atom is 0.135 e. The van der Waals surface area contributed by atoms with Crippen LogP contribution in [0.25, 0.3) is 10.9 Å². The molecule has 2 aromatic rings. The second-order valence-corrected chi connectivity index (χ2v) is 7.74. The van der Waals surface area contributed by atoms with Crippen LogP contribution in [-0.4, -0.2) is 35.7 Å². The molecule has 0 aliphatic carbocycles. The zero-order valence-electron chi connectivity index (χ0n) is 14.1. The quantitative estimate of drug-likeness (QED) is 0.482. The van der Waals surface area contributed by atoms with Gasteiger partial charge in [-0.05, 0) is 36.4 Å². The topological polar surface area (TPSA) is 45.2 Å². The maximum atomic E-state index is 12.9. The van der Waals surface area contributed by atoms with E-state index in [9.17, 15) is 4.21 Å². The van der Waals surface area contributed by atoms with E-state index in [0.29, 0.717) is 11.6 Å². The average molecular weight is 331 g/mol. The third-order valence-electron chi connectivity index (χ3n) is 3.76. The number of fused-ring (bicyclic) bond motifs is 1. The van der Waals surface area contributed by atoms with Gasteiger partial charge in [0.15, 0.2) is 0 Å². The Balaban J connectivity index is 2.62. The van der Waals surface area contributed by atoms with Crippen LogP contribution in [0.4, 0.5) is 5.69 Å². The van der Waals surface area contributed by atoms with Crippen LogP contribution in [0.2, 0.25) is 0 Å². The Hall–Kier alpha value is -1.85. The fraction of sp³-hybridized carbons (Fsp3) is 0.333. The van der Waals surface area contributed by atoms with E-state index in [0.717, 1.165) is 29.4 Å². The first kappa shape index (κ1) is 17.5. The summed E-state index contributed by atoms with van der Waals surface area (Å²) in [5, 5.41) is 1.61. The molecule has 0 saturated carbocycles. The van der Waals surface area contributed by atoms with Gasteiger partial charge in [-0.3, -0.25) is 0 Å². The number of aromatic nitrogens is 1. The van der Waals surface area contributed by atoms with Crippen LogP contribution in [0.15, 0.2) is 41.9 Å². The molecule has 0 radical (unpaired) electrons. The second kappa shape index (κ2) is 7.15. The van der Waals surface area contributed by atoms with Crippen molar-refractivity contribution in [3.8, 4) is 0 Å². The third-order valence-corrected chi connectivity index (χ3v) is 5.32. The first-order valence-electron chi connectivity index (χ1n) is 7.73. The Morgan fingerprint density at radius 2 is 2.13 bits per heavy atom. The molecule has 23 heavy (non-hydrogen) atoms. The zero-order chi connectivity index (χ0) is 17.0. The predicted molar refractivity (Wildman–Crippen MR) is 102 cm³/mol. The molecule has 5 heteroatoms. The fourth-order valence-electron chi connectivity index (χ4n) is 2.53. The molecule has 0 fully saturated rings. The van der Waals surface area contributed by atoms with E-state index >= 15 is 0 Å². The van der Waals surface area contributed by atoms with Crippen molar-refractivity contribution in [3.05, 3.63) is 42.5 Å². The van der Waals surface area contributed by atoms with Crippen LogP contribution in [0.3, 0.4) is 0 Å². The first-order valence-corrected chi connectivity index (χ1v) is 9.46. The number of hydrogen-bond donors (Lipinski definition) is 1. The number of benzene rings is 1. The van der Waals surface area contributed by atoms with E-state index in [2.05, 4.69) is 35.1 Å².